The molecule has 1 amide bonds. The van der Waals surface area contributed by atoms with Crippen LogP contribution in [0.5, 0.6) is 5.75 Å². The minimum absolute atomic E-state index is 0.0267. The van der Waals surface area contributed by atoms with E-state index in [4.69, 9.17) is 9.88 Å². The fourth-order valence-corrected chi connectivity index (χ4v) is 4.94. The van der Waals surface area contributed by atoms with Gasteiger partial charge in [-0.05, 0) is 85.8 Å². The maximum Gasteiger partial charge on any atom is 0.255 e. The number of nitrogens with two attached hydrogens (primary N) is 1. The van der Waals surface area contributed by atoms with Crippen LogP contribution in [0.15, 0.2) is 65.6 Å². The average Bonchev–Trinajstić information content (AvgIpc) is 3.68. The number of likely N-dealkylation sites (N-methyl/N-ethyl adjacent to an activating group) is 1. The lowest BCUT2D eigenvalue weighted by molar-refractivity contribution is 0.102. The number of primary sulfonamides is 1. The Kier molecular flexibility index (Phi) is 7.25. The van der Waals surface area contributed by atoms with E-state index >= 15 is 0 Å². The Morgan fingerprint density at radius 2 is 1.83 bits per heavy atom. The van der Waals surface area contributed by atoms with Crippen LogP contribution in [0.25, 0.3) is 11.1 Å². The van der Waals surface area contributed by atoms with E-state index in [0.29, 0.717) is 11.7 Å². The quantitative estimate of drug-likeness (QED) is 0.465. The van der Waals surface area contributed by atoms with E-state index in [2.05, 4.69) is 42.4 Å². The minimum Gasteiger partial charge on any atom is -0.495 e. The van der Waals surface area contributed by atoms with Crippen LogP contribution in [0.3, 0.4) is 0 Å². The van der Waals surface area contributed by atoms with Crippen LogP contribution in [-0.2, 0) is 16.4 Å². The Balaban J connectivity index is 1.61. The largest absolute Gasteiger partial charge is 0.495 e. The molecular formula is C27H31N3O4S. The highest BCUT2D eigenvalue weighted by Crippen LogP contribution is 2.31. The summed E-state index contributed by atoms with van der Waals surface area (Å²) in [5.74, 6) is -0.340. The van der Waals surface area contributed by atoms with Crippen molar-refractivity contribution < 1.29 is 17.9 Å². The second-order valence-corrected chi connectivity index (χ2v) is 10.5. The number of carbonyl (C=O) groups is 1. The SMILES string of the molecule is COc1cc(C(=O)Nc2ccc(-c3ccccc3C)c(CCN(C)C3CC3)c2)ccc1S(N)(=O)=O. The van der Waals surface area contributed by atoms with Crippen LogP contribution >= 0.6 is 0 Å². The molecule has 7 nitrogen and oxygen atoms in total. The lowest BCUT2D eigenvalue weighted by atomic mass is 9.94. The summed E-state index contributed by atoms with van der Waals surface area (Å²) in [5, 5.41) is 8.17. The molecule has 0 saturated heterocycles. The van der Waals surface area contributed by atoms with Gasteiger partial charge in [-0.1, -0.05) is 30.3 Å². The third kappa shape index (κ3) is 5.90. The molecule has 3 N–H and O–H groups in total. The number of sulfonamides is 1. The third-order valence-corrected chi connectivity index (χ3v) is 7.39. The highest BCUT2D eigenvalue weighted by atomic mass is 32.2. The number of aryl methyl sites for hydroxylation is 1. The van der Waals surface area contributed by atoms with Gasteiger partial charge in [0.25, 0.3) is 5.91 Å². The van der Waals surface area contributed by atoms with Crippen molar-refractivity contribution in [3.63, 3.8) is 0 Å². The molecule has 3 aromatic rings. The molecule has 1 fully saturated rings. The summed E-state index contributed by atoms with van der Waals surface area (Å²) < 4.78 is 28.6. The normalized spacial score (nSPS) is 13.6. The van der Waals surface area contributed by atoms with Crippen molar-refractivity contribution in [2.24, 2.45) is 5.14 Å². The van der Waals surface area contributed by atoms with Crippen molar-refractivity contribution in [1.29, 1.82) is 0 Å². The first kappa shape index (κ1) is 24.9. The molecule has 0 unspecified atom stereocenters. The highest BCUT2D eigenvalue weighted by Gasteiger charge is 2.26. The Labute approximate surface area is 207 Å². The number of hydrogen-bond donors (Lipinski definition) is 2. The summed E-state index contributed by atoms with van der Waals surface area (Å²) in [6.45, 7) is 3.04. The van der Waals surface area contributed by atoms with Gasteiger partial charge in [-0.15, -0.1) is 0 Å². The maximum atomic E-state index is 13.0. The zero-order valence-corrected chi connectivity index (χ0v) is 21.1. The number of rotatable bonds is 9. The van der Waals surface area contributed by atoms with Crippen molar-refractivity contribution in [3.8, 4) is 16.9 Å². The lowest BCUT2D eigenvalue weighted by Gasteiger charge is -2.19. The Morgan fingerprint density at radius 1 is 1.09 bits per heavy atom. The fourth-order valence-electron chi connectivity index (χ4n) is 4.26. The Bertz CT molecular complexity index is 1350. The summed E-state index contributed by atoms with van der Waals surface area (Å²) in [6.07, 6.45) is 3.37. The van der Waals surface area contributed by atoms with Crippen molar-refractivity contribution in [1.82, 2.24) is 4.90 Å². The molecule has 1 aliphatic rings. The number of nitrogens with one attached hydrogen (secondary N) is 1. The summed E-state index contributed by atoms with van der Waals surface area (Å²) >= 11 is 0. The van der Waals surface area contributed by atoms with Gasteiger partial charge in [-0.2, -0.15) is 0 Å². The van der Waals surface area contributed by atoms with Crippen molar-refractivity contribution in [3.05, 3.63) is 77.4 Å². The number of ether oxygens (including phenoxy) is 1. The smallest absolute Gasteiger partial charge is 0.255 e. The summed E-state index contributed by atoms with van der Waals surface area (Å²) in [5.41, 5.74) is 5.63. The van der Waals surface area contributed by atoms with E-state index in [1.165, 1.54) is 49.3 Å². The van der Waals surface area contributed by atoms with Gasteiger partial charge < -0.3 is 15.0 Å². The number of carbonyl (C=O) groups excluding carboxylic acids is 1. The van der Waals surface area contributed by atoms with Gasteiger partial charge in [0.2, 0.25) is 10.0 Å². The standard InChI is InChI=1S/C27H31N3O4S/c1-18-6-4-5-7-23(18)24-12-9-21(16-19(24)14-15-30(2)22-10-11-22)29-27(31)20-8-13-26(35(28,32)33)25(17-20)34-3/h4-9,12-13,16-17,22H,10-11,14-15H2,1-3H3,(H,29,31)(H2,28,32,33). The van der Waals surface area contributed by atoms with E-state index in [1.807, 2.05) is 24.3 Å². The molecule has 1 aliphatic carbocycles. The second-order valence-electron chi connectivity index (χ2n) is 9.01. The van der Waals surface area contributed by atoms with Gasteiger partial charge in [-0.25, -0.2) is 13.6 Å². The molecule has 0 aromatic heterocycles. The van der Waals surface area contributed by atoms with E-state index < -0.39 is 10.0 Å². The van der Waals surface area contributed by atoms with Gasteiger partial charge in [0.15, 0.2) is 0 Å². The molecule has 4 rings (SSSR count). The van der Waals surface area contributed by atoms with Crippen LogP contribution in [0.4, 0.5) is 5.69 Å². The van der Waals surface area contributed by atoms with Gasteiger partial charge >= 0.3 is 0 Å². The van der Waals surface area contributed by atoms with Crippen LogP contribution in [0.2, 0.25) is 0 Å². The zero-order valence-electron chi connectivity index (χ0n) is 20.2. The molecule has 1 saturated carbocycles. The highest BCUT2D eigenvalue weighted by molar-refractivity contribution is 7.89. The van der Waals surface area contributed by atoms with Crippen LogP contribution in [0, 0.1) is 6.92 Å². The monoisotopic (exact) mass is 493 g/mol. The first-order valence-electron chi connectivity index (χ1n) is 11.6. The number of methoxy groups -OCH3 is 1. The predicted molar refractivity (Wildman–Crippen MR) is 138 cm³/mol. The van der Waals surface area contributed by atoms with Crippen LogP contribution in [0.1, 0.15) is 34.3 Å². The van der Waals surface area contributed by atoms with Gasteiger partial charge in [0.1, 0.15) is 10.6 Å². The molecule has 3 aromatic carbocycles. The van der Waals surface area contributed by atoms with Gasteiger partial charge in [0.05, 0.1) is 7.11 Å². The van der Waals surface area contributed by atoms with Crippen molar-refractivity contribution in [2.75, 3.05) is 26.0 Å². The molecule has 0 heterocycles. The minimum atomic E-state index is -3.96. The molecule has 184 valence electrons. The molecular weight excluding hydrogens is 462 g/mol. The van der Waals surface area contributed by atoms with Crippen molar-refractivity contribution in [2.45, 2.75) is 37.1 Å². The number of anilines is 1. The summed E-state index contributed by atoms with van der Waals surface area (Å²) in [4.78, 5) is 15.2. The molecule has 0 atom stereocenters. The number of hydrogen-bond acceptors (Lipinski definition) is 5. The molecule has 0 spiro atoms. The summed E-state index contributed by atoms with van der Waals surface area (Å²) in [6, 6.07) is 19.0. The lowest BCUT2D eigenvalue weighted by Crippen LogP contribution is -2.23. The van der Waals surface area contributed by atoms with E-state index in [0.717, 1.165) is 24.1 Å². The average molecular weight is 494 g/mol. The maximum absolute atomic E-state index is 13.0. The van der Waals surface area contributed by atoms with Crippen LogP contribution in [-0.4, -0.2) is 46.0 Å². The molecule has 8 heteroatoms. The third-order valence-electron chi connectivity index (χ3n) is 6.43. The summed E-state index contributed by atoms with van der Waals surface area (Å²) in [7, 11) is -0.467. The second kappa shape index (κ2) is 10.2. The Morgan fingerprint density at radius 3 is 2.49 bits per heavy atom. The molecule has 35 heavy (non-hydrogen) atoms. The molecule has 0 bridgehead atoms. The number of benzene rings is 3. The van der Waals surface area contributed by atoms with Gasteiger partial charge in [0, 0.05) is 23.8 Å². The fraction of sp³-hybridized carbons (Fsp3) is 0.296. The van der Waals surface area contributed by atoms with E-state index in [-0.39, 0.29) is 22.1 Å². The van der Waals surface area contributed by atoms with Crippen LogP contribution < -0.4 is 15.2 Å². The number of nitrogens with zero attached hydrogens (tertiary/aromatic N) is 1. The topological polar surface area (TPSA) is 102 Å². The molecule has 0 radical (unpaired) electrons. The van der Waals surface area contributed by atoms with Gasteiger partial charge in [-0.3, -0.25) is 4.79 Å². The number of amides is 1. The van der Waals surface area contributed by atoms with E-state index in [9.17, 15) is 13.2 Å². The van der Waals surface area contributed by atoms with E-state index in [1.54, 1.807) is 0 Å². The zero-order chi connectivity index (χ0) is 25.2. The first-order valence-corrected chi connectivity index (χ1v) is 13.1. The first-order chi connectivity index (χ1) is 16.7. The molecule has 0 aliphatic heterocycles. The predicted octanol–water partition coefficient (Wildman–Crippen LogP) is 4.21. The Hall–Kier alpha value is -3.20. The van der Waals surface area contributed by atoms with Crippen molar-refractivity contribution >= 4 is 21.6 Å².